The third kappa shape index (κ3) is 2.10. The minimum Gasteiger partial charge on any atom is -0.469 e. The van der Waals surface area contributed by atoms with E-state index < -0.39 is 11.0 Å². The molecular formula is C13H22O3S. The standard InChI is InChI=1S/C13H22O3S/c1-10-4-3-5-12(8-10,11(14)16-2)13(15)6-7-17-9-13/h10,15H,3-9H2,1-2H3. The van der Waals surface area contributed by atoms with Crippen LogP contribution in [0.15, 0.2) is 0 Å². The third-order valence-corrected chi connectivity index (χ3v) is 5.64. The molecule has 1 aliphatic heterocycles. The van der Waals surface area contributed by atoms with Gasteiger partial charge in [0.05, 0.1) is 18.1 Å². The third-order valence-electron chi connectivity index (χ3n) is 4.47. The highest BCUT2D eigenvalue weighted by atomic mass is 32.2. The molecule has 3 atom stereocenters. The van der Waals surface area contributed by atoms with Gasteiger partial charge in [-0.15, -0.1) is 0 Å². The van der Waals surface area contributed by atoms with Gasteiger partial charge >= 0.3 is 5.97 Å². The number of aliphatic hydroxyl groups is 1. The molecule has 0 aromatic heterocycles. The van der Waals surface area contributed by atoms with Gasteiger partial charge in [0.1, 0.15) is 0 Å². The highest BCUT2D eigenvalue weighted by Crippen LogP contribution is 2.52. The molecule has 1 heterocycles. The normalized spacial score (nSPS) is 42.4. The van der Waals surface area contributed by atoms with Crippen LogP contribution in [-0.2, 0) is 9.53 Å². The molecule has 2 aliphatic rings. The second kappa shape index (κ2) is 4.81. The lowest BCUT2D eigenvalue weighted by Crippen LogP contribution is -2.56. The SMILES string of the molecule is COC(=O)C1(C2(O)CCSC2)CCCC(C)C1. The highest BCUT2D eigenvalue weighted by molar-refractivity contribution is 7.99. The fourth-order valence-electron chi connectivity index (χ4n) is 3.48. The second-order valence-corrected chi connectivity index (χ2v) is 6.71. The maximum Gasteiger partial charge on any atom is 0.314 e. The second-order valence-electron chi connectivity index (χ2n) is 5.61. The summed E-state index contributed by atoms with van der Waals surface area (Å²) in [5.41, 5.74) is -1.50. The van der Waals surface area contributed by atoms with E-state index in [-0.39, 0.29) is 5.97 Å². The van der Waals surface area contributed by atoms with Crippen LogP contribution in [0.5, 0.6) is 0 Å². The molecule has 0 bridgehead atoms. The number of methoxy groups -OCH3 is 1. The van der Waals surface area contributed by atoms with E-state index in [1.165, 1.54) is 7.11 Å². The zero-order chi connectivity index (χ0) is 12.5. The van der Waals surface area contributed by atoms with E-state index in [0.29, 0.717) is 11.7 Å². The average Bonchev–Trinajstić information content (AvgIpc) is 2.76. The first-order valence-electron chi connectivity index (χ1n) is 6.43. The molecule has 1 aliphatic carbocycles. The van der Waals surface area contributed by atoms with Crippen molar-refractivity contribution in [2.75, 3.05) is 18.6 Å². The van der Waals surface area contributed by atoms with Crippen molar-refractivity contribution in [3.63, 3.8) is 0 Å². The molecule has 0 aromatic rings. The van der Waals surface area contributed by atoms with Crippen molar-refractivity contribution in [2.45, 2.75) is 44.6 Å². The molecule has 98 valence electrons. The summed E-state index contributed by atoms with van der Waals surface area (Å²) in [4.78, 5) is 12.2. The van der Waals surface area contributed by atoms with Gasteiger partial charge in [0.2, 0.25) is 0 Å². The Hall–Kier alpha value is -0.220. The van der Waals surface area contributed by atoms with Crippen LogP contribution in [0.3, 0.4) is 0 Å². The Morgan fingerprint density at radius 1 is 1.47 bits per heavy atom. The van der Waals surface area contributed by atoms with Gasteiger partial charge in [-0.25, -0.2) is 0 Å². The monoisotopic (exact) mass is 258 g/mol. The predicted molar refractivity (Wildman–Crippen MR) is 69.0 cm³/mol. The number of esters is 1. The van der Waals surface area contributed by atoms with E-state index in [4.69, 9.17) is 4.74 Å². The molecule has 0 spiro atoms. The van der Waals surface area contributed by atoms with Crippen molar-refractivity contribution in [2.24, 2.45) is 11.3 Å². The molecule has 1 N–H and O–H groups in total. The van der Waals surface area contributed by atoms with Crippen LogP contribution in [0, 0.1) is 11.3 Å². The van der Waals surface area contributed by atoms with E-state index in [1.54, 1.807) is 11.8 Å². The molecule has 2 rings (SSSR count). The van der Waals surface area contributed by atoms with E-state index in [2.05, 4.69) is 6.92 Å². The average molecular weight is 258 g/mol. The van der Waals surface area contributed by atoms with E-state index in [9.17, 15) is 9.90 Å². The Kier molecular flexibility index (Phi) is 3.74. The summed E-state index contributed by atoms with van der Waals surface area (Å²) < 4.78 is 5.01. The number of hydrogen-bond donors (Lipinski definition) is 1. The quantitative estimate of drug-likeness (QED) is 0.772. The maximum absolute atomic E-state index is 12.2. The molecule has 4 heteroatoms. The lowest BCUT2D eigenvalue weighted by atomic mass is 9.60. The molecule has 0 radical (unpaired) electrons. The molecule has 1 saturated carbocycles. The lowest BCUT2D eigenvalue weighted by Gasteiger charge is -2.46. The Morgan fingerprint density at radius 2 is 2.24 bits per heavy atom. The van der Waals surface area contributed by atoms with Crippen LogP contribution < -0.4 is 0 Å². The fourth-order valence-corrected chi connectivity index (χ4v) is 4.86. The molecule has 2 fully saturated rings. The van der Waals surface area contributed by atoms with Crippen LogP contribution in [0.25, 0.3) is 0 Å². The van der Waals surface area contributed by atoms with E-state index in [1.807, 2.05) is 0 Å². The minimum atomic E-state index is -0.848. The number of carbonyl (C=O) groups excluding carboxylic acids is 1. The van der Waals surface area contributed by atoms with Gasteiger partial charge in [-0.1, -0.05) is 19.8 Å². The van der Waals surface area contributed by atoms with Crippen LogP contribution in [-0.4, -0.2) is 35.3 Å². The lowest BCUT2D eigenvalue weighted by molar-refractivity contribution is -0.177. The molecule has 3 unspecified atom stereocenters. The molecule has 1 saturated heterocycles. The number of hydrogen-bond acceptors (Lipinski definition) is 4. The molecular weight excluding hydrogens is 236 g/mol. The van der Waals surface area contributed by atoms with Crippen molar-refractivity contribution in [3.8, 4) is 0 Å². The number of carbonyl (C=O) groups is 1. The molecule has 0 aromatic carbocycles. The van der Waals surface area contributed by atoms with Crippen molar-refractivity contribution in [1.82, 2.24) is 0 Å². The summed E-state index contributed by atoms with van der Waals surface area (Å²) >= 11 is 1.74. The summed E-state index contributed by atoms with van der Waals surface area (Å²) in [5.74, 6) is 1.92. The summed E-state index contributed by atoms with van der Waals surface area (Å²) in [7, 11) is 1.44. The van der Waals surface area contributed by atoms with Gasteiger partial charge in [0.25, 0.3) is 0 Å². The predicted octanol–water partition coefficient (Wildman–Crippen LogP) is 2.22. The summed E-state index contributed by atoms with van der Waals surface area (Å²) in [6.45, 7) is 2.17. The van der Waals surface area contributed by atoms with Crippen molar-refractivity contribution in [1.29, 1.82) is 0 Å². The van der Waals surface area contributed by atoms with Crippen LogP contribution in [0.1, 0.15) is 39.0 Å². The highest BCUT2D eigenvalue weighted by Gasteiger charge is 2.58. The molecule has 17 heavy (non-hydrogen) atoms. The van der Waals surface area contributed by atoms with Gasteiger partial charge in [-0.2, -0.15) is 11.8 Å². The van der Waals surface area contributed by atoms with Crippen LogP contribution in [0.2, 0.25) is 0 Å². The Labute approximate surface area is 107 Å². The van der Waals surface area contributed by atoms with Gasteiger partial charge in [0, 0.05) is 5.75 Å². The summed E-state index contributed by atoms with van der Waals surface area (Å²) in [5, 5.41) is 10.9. The fraction of sp³-hybridized carbons (Fsp3) is 0.923. The van der Waals surface area contributed by atoms with Gasteiger partial charge in [0.15, 0.2) is 0 Å². The van der Waals surface area contributed by atoms with Gasteiger partial charge < -0.3 is 9.84 Å². The molecule has 0 amide bonds. The largest absolute Gasteiger partial charge is 0.469 e. The Bertz CT molecular complexity index is 299. The minimum absolute atomic E-state index is 0.200. The zero-order valence-electron chi connectivity index (χ0n) is 10.7. The first kappa shape index (κ1) is 13.2. The van der Waals surface area contributed by atoms with Crippen molar-refractivity contribution in [3.05, 3.63) is 0 Å². The smallest absolute Gasteiger partial charge is 0.314 e. The van der Waals surface area contributed by atoms with E-state index >= 15 is 0 Å². The summed E-state index contributed by atoms with van der Waals surface area (Å²) in [6.07, 6.45) is 4.45. The van der Waals surface area contributed by atoms with Crippen molar-refractivity contribution < 1.29 is 14.6 Å². The first-order valence-corrected chi connectivity index (χ1v) is 7.58. The topological polar surface area (TPSA) is 46.5 Å². The van der Waals surface area contributed by atoms with Crippen LogP contribution in [0.4, 0.5) is 0 Å². The summed E-state index contributed by atoms with van der Waals surface area (Å²) in [6, 6.07) is 0. The number of thioether (sulfide) groups is 1. The van der Waals surface area contributed by atoms with Crippen LogP contribution >= 0.6 is 11.8 Å². The van der Waals surface area contributed by atoms with Gasteiger partial charge in [-0.05, 0) is 30.9 Å². The Balaban J connectivity index is 2.32. The number of ether oxygens (including phenoxy) is 1. The Morgan fingerprint density at radius 3 is 2.76 bits per heavy atom. The van der Waals surface area contributed by atoms with Gasteiger partial charge in [-0.3, -0.25) is 4.79 Å². The van der Waals surface area contributed by atoms with Crippen molar-refractivity contribution >= 4 is 17.7 Å². The van der Waals surface area contributed by atoms with E-state index in [0.717, 1.165) is 37.9 Å². The maximum atomic E-state index is 12.2. The zero-order valence-corrected chi connectivity index (χ0v) is 11.5. The molecule has 3 nitrogen and oxygen atoms in total. The first-order chi connectivity index (χ1) is 8.04. The number of rotatable bonds is 2.